The summed E-state index contributed by atoms with van der Waals surface area (Å²) in [5, 5.41) is 9.32. The van der Waals surface area contributed by atoms with Crippen LogP contribution >= 0.6 is 0 Å². The van der Waals surface area contributed by atoms with Crippen molar-refractivity contribution in [2.45, 2.75) is 53.5 Å². The molecule has 1 saturated heterocycles. The smallest absolute Gasteiger partial charge is 0.321 e. The van der Waals surface area contributed by atoms with Crippen molar-refractivity contribution in [3.05, 3.63) is 0 Å². The number of nitrogens with zero attached hydrogens (tertiary/aromatic N) is 1. The molecule has 0 saturated carbocycles. The van der Waals surface area contributed by atoms with E-state index in [2.05, 4.69) is 18.7 Å². The summed E-state index contributed by atoms with van der Waals surface area (Å²) in [6, 6.07) is -0.348. The van der Waals surface area contributed by atoms with E-state index in [0.29, 0.717) is 5.41 Å². The second-order valence-electron chi connectivity index (χ2n) is 6.22. The van der Waals surface area contributed by atoms with Crippen LogP contribution in [0.15, 0.2) is 0 Å². The summed E-state index contributed by atoms with van der Waals surface area (Å²) in [6.45, 7) is 12.3. The van der Waals surface area contributed by atoms with Crippen molar-refractivity contribution in [2.24, 2.45) is 10.8 Å². The van der Waals surface area contributed by atoms with Crippen LogP contribution in [-0.2, 0) is 4.79 Å². The van der Waals surface area contributed by atoms with Gasteiger partial charge in [-0.2, -0.15) is 0 Å². The Labute approximate surface area is 98.8 Å². The first kappa shape index (κ1) is 13.5. The van der Waals surface area contributed by atoms with Crippen LogP contribution in [0, 0.1) is 10.8 Å². The maximum atomic E-state index is 11.3. The third-order valence-corrected chi connectivity index (χ3v) is 4.00. The van der Waals surface area contributed by atoms with Gasteiger partial charge in [-0.3, -0.25) is 9.69 Å². The molecule has 94 valence electrons. The highest BCUT2D eigenvalue weighted by Crippen LogP contribution is 2.41. The normalized spacial score (nSPS) is 22.6. The van der Waals surface area contributed by atoms with E-state index < -0.39 is 5.97 Å². The molecule has 16 heavy (non-hydrogen) atoms. The van der Waals surface area contributed by atoms with E-state index >= 15 is 0 Å². The summed E-state index contributed by atoms with van der Waals surface area (Å²) < 4.78 is 0. The fraction of sp³-hybridized carbons (Fsp3) is 0.923. The van der Waals surface area contributed by atoms with E-state index in [4.69, 9.17) is 0 Å². The van der Waals surface area contributed by atoms with Crippen molar-refractivity contribution in [3.63, 3.8) is 0 Å². The van der Waals surface area contributed by atoms with E-state index in [-0.39, 0.29) is 11.5 Å². The summed E-state index contributed by atoms with van der Waals surface area (Å²) >= 11 is 0. The van der Waals surface area contributed by atoms with E-state index in [9.17, 15) is 9.90 Å². The van der Waals surface area contributed by atoms with Crippen LogP contribution < -0.4 is 0 Å². The van der Waals surface area contributed by atoms with Crippen LogP contribution in [0.2, 0.25) is 0 Å². The second kappa shape index (κ2) is 4.36. The first-order chi connectivity index (χ1) is 7.25. The molecule has 3 nitrogen and oxygen atoms in total. The second-order valence-corrected chi connectivity index (χ2v) is 6.22. The third-order valence-electron chi connectivity index (χ3n) is 4.00. The van der Waals surface area contributed by atoms with Crippen molar-refractivity contribution in [2.75, 3.05) is 13.1 Å². The molecule has 0 amide bonds. The van der Waals surface area contributed by atoms with Gasteiger partial charge in [-0.25, -0.2) is 0 Å². The summed E-state index contributed by atoms with van der Waals surface area (Å²) in [4.78, 5) is 13.4. The molecule has 1 unspecified atom stereocenters. The van der Waals surface area contributed by atoms with Crippen LogP contribution in [0.5, 0.6) is 0 Å². The Morgan fingerprint density at radius 2 is 1.75 bits per heavy atom. The highest BCUT2D eigenvalue weighted by molar-refractivity contribution is 5.74. The number of carboxylic acids is 1. The lowest BCUT2D eigenvalue weighted by atomic mass is 9.72. The van der Waals surface area contributed by atoms with Crippen molar-refractivity contribution in [3.8, 4) is 0 Å². The molecule has 1 aliphatic rings. The SMILES string of the molecule is CCC1(CC)CN(C(C(=O)O)C(C)(C)C)C1. The van der Waals surface area contributed by atoms with Gasteiger partial charge in [0.05, 0.1) is 0 Å². The van der Waals surface area contributed by atoms with Gasteiger partial charge in [0.25, 0.3) is 0 Å². The molecule has 1 aliphatic heterocycles. The van der Waals surface area contributed by atoms with E-state index in [0.717, 1.165) is 25.9 Å². The fourth-order valence-electron chi connectivity index (χ4n) is 2.77. The molecular formula is C13H25NO2. The van der Waals surface area contributed by atoms with Gasteiger partial charge >= 0.3 is 5.97 Å². The minimum atomic E-state index is -0.687. The zero-order chi connectivity index (χ0) is 12.6. The van der Waals surface area contributed by atoms with Gasteiger partial charge in [-0.05, 0) is 23.7 Å². The molecule has 1 rings (SSSR count). The predicted molar refractivity (Wildman–Crippen MR) is 65.5 cm³/mol. The Morgan fingerprint density at radius 1 is 1.31 bits per heavy atom. The standard InChI is InChI=1S/C13H25NO2/c1-6-13(7-2)8-14(9-13)10(11(15)16)12(3,4)5/h10H,6-9H2,1-5H3,(H,15,16). The van der Waals surface area contributed by atoms with E-state index in [1.165, 1.54) is 0 Å². The van der Waals surface area contributed by atoms with Crippen molar-refractivity contribution < 1.29 is 9.90 Å². The predicted octanol–water partition coefficient (Wildman–Crippen LogP) is 2.61. The fourth-order valence-corrected chi connectivity index (χ4v) is 2.77. The summed E-state index contributed by atoms with van der Waals surface area (Å²) in [5.74, 6) is -0.687. The van der Waals surface area contributed by atoms with Crippen LogP contribution in [0.4, 0.5) is 0 Å². The molecule has 0 bridgehead atoms. The molecule has 0 aromatic heterocycles. The molecule has 0 aromatic rings. The number of carbonyl (C=O) groups is 1. The highest BCUT2D eigenvalue weighted by Gasteiger charge is 2.48. The summed E-state index contributed by atoms with van der Waals surface area (Å²) in [5.41, 5.74) is 0.179. The number of carboxylic acid groups (broad SMARTS) is 1. The summed E-state index contributed by atoms with van der Waals surface area (Å²) in [6.07, 6.45) is 2.30. The van der Waals surface area contributed by atoms with Gasteiger partial charge in [0, 0.05) is 13.1 Å². The maximum Gasteiger partial charge on any atom is 0.321 e. The number of aliphatic carboxylic acids is 1. The monoisotopic (exact) mass is 227 g/mol. The quantitative estimate of drug-likeness (QED) is 0.802. The Morgan fingerprint density at radius 3 is 2.00 bits per heavy atom. The lowest BCUT2D eigenvalue weighted by Crippen LogP contribution is -2.64. The van der Waals surface area contributed by atoms with Crippen molar-refractivity contribution in [1.82, 2.24) is 4.90 Å². The average molecular weight is 227 g/mol. The molecule has 0 radical (unpaired) electrons. The molecule has 0 spiro atoms. The Kier molecular flexibility index (Phi) is 3.68. The number of hydrogen-bond acceptors (Lipinski definition) is 2. The first-order valence-electron chi connectivity index (χ1n) is 6.22. The lowest BCUT2D eigenvalue weighted by molar-refractivity contribution is -0.157. The number of likely N-dealkylation sites (tertiary alicyclic amines) is 1. The Bertz CT molecular complexity index is 256. The van der Waals surface area contributed by atoms with Crippen LogP contribution in [0.25, 0.3) is 0 Å². The molecule has 1 heterocycles. The van der Waals surface area contributed by atoms with Gasteiger partial charge in [0.15, 0.2) is 0 Å². The molecule has 1 atom stereocenters. The molecule has 3 heteroatoms. The van der Waals surface area contributed by atoms with E-state index in [1.54, 1.807) is 0 Å². The lowest BCUT2D eigenvalue weighted by Gasteiger charge is -2.54. The number of rotatable bonds is 4. The van der Waals surface area contributed by atoms with Crippen molar-refractivity contribution in [1.29, 1.82) is 0 Å². The first-order valence-corrected chi connectivity index (χ1v) is 6.22. The van der Waals surface area contributed by atoms with Gasteiger partial charge in [0.1, 0.15) is 6.04 Å². The van der Waals surface area contributed by atoms with Crippen molar-refractivity contribution >= 4 is 5.97 Å². The Balaban J connectivity index is 2.70. The molecule has 1 fully saturated rings. The molecule has 0 aliphatic carbocycles. The number of hydrogen-bond donors (Lipinski definition) is 1. The third kappa shape index (κ3) is 2.40. The molecule has 0 aromatic carbocycles. The zero-order valence-corrected chi connectivity index (χ0v) is 11.2. The van der Waals surface area contributed by atoms with Gasteiger partial charge in [0.2, 0.25) is 0 Å². The minimum absolute atomic E-state index is 0.195. The van der Waals surface area contributed by atoms with Gasteiger partial charge < -0.3 is 5.11 Å². The molecule has 1 N–H and O–H groups in total. The average Bonchev–Trinajstić information content (AvgIpc) is 2.07. The van der Waals surface area contributed by atoms with Crippen LogP contribution in [0.3, 0.4) is 0 Å². The highest BCUT2D eigenvalue weighted by atomic mass is 16.4. The maximum absolute atomic E-state index is 11.3. The molecular weight excluding hydrogens is 202 g/mol. The van der Waals surface area contributed by atoms with Crippen LogP contribution in [0.1, 0.15) is 47.5 Å². The topological polar surface area (TPSA) is 40.5 Å². The Hall–Kier alpha value is -0.570. The summed E-state index contributed by atoms with van der Waals surface area (Å²) in [7, 11) is 0. The van der Waals surface area contributed by atoms with E-state index in [1.807, 2.05) is 20.8 Å². The van der Waals surface area contributed by atoms with Crippen LogP contribution in [-0.4, -0.2) is 35.1 Å². The zero-order valence-electron chi connectivity index (χ0n) is 11.2. The van der Waals surface area contributed by atoms with Gasteiger partial charge in [-0.15, -0.1) is 0 Å². The van der Waals surface area contributed by atoms with Gasteiger partial charge in [-0.1, -0.05) is 34.6 Å². The minimum Gasteiger partial charge on any atom is -0.480 e. The largest absolute Gasteiger partial charge is 0.480 e.